The second-order valence-electron chi connectivity index (χ2n) is 17.0. The van der Waals surface area contributed by atoms with Crippen molar-refractivity contribution >= 4 is 39.0 Å². The molecule has 0 radical (unpaired) electrons. The molecule has 0 spiro atoms. The van der Waals surface area contributed by atoms with E-state index in [4.69, 9.17) is 4.42 Å². The SMILES string of the molecule is CC(C)(C)c1ccc(-c2ccc(N(c3ccc4c(c3)C(C)(C)c3ccc(-c5ccccc5)cc3-4)c3cccc4oc5cc(-c6ccccc6)ccc5c34)cc2)cc1. The van der Waals surface area contributed by atoms with Gasteiger partial charge in [-0.1, -0.05) is 162 Å². The summed E-state index contributed by atoms with van der Waals surface area (Å²) in [5.41, 5.74) is 18.8. The van der Waals surface area contributed by atoms with Crippen molar-refractivity contribution in [3.8, 4) is 44.5 Å². The fourth-order valence-corrected chi connectivity index (χ4v) is 8.89. The summed E-state index contributed by atoms with van der Waals surface area (Å²) in [4.78, 5) is 2.42. The first-order valence-electron chi connectivity index (χ1n) is 20.0. The largest absolute Gasteiger partial charge is 0.456 e. The molecule has 0 saturated carbocycles. The molecule has 0 saturated heterocycles. The molecule has 1 aliphatic rings. The molecule has 1 aromatic heterocycles. The van der Waals surface area contributed by atoms with Crippen LogP contribution in [0, 0.1) is 0 Å². The van der Waals surface area contributed by atoms with Crippen molar-refractivity contribution in [1.82, 2.24) is 0 Å². The van der Waals surface area contributed by atoms with Gasteiger partial charge in [0, 0.05) is 22.2 Å². The molecule has 0 atom stereocenters. The Morgan fingerprint density at radius 3 is 1.68 bits per heavy atom. The van der Waals surface area contributed by atoms with Gasteiger partial charge in [-0.05, 0) is 121 Å². The molecule has 2 heteroatoms. The number of hydrogen-bond donors (Lipinski definition) is 0. The number of benzene rings is 8. The van der Waals surface area contributed by atoms with E-state index in [0.29, 0.717) is 0 Å². The third-order valence-corrected chi connectivity index (χ3v) is 12.1. The number of hydrogen-bond acceptors (Lipinski definition) is 2. The average Bonchev–Trinajstić information content (AvgIpc) is 3.73. The Labute approximate surface area is 335 Å². The van der Waals surface area contributed by atoms with Crippen LogP contribution < -0.4 is 4.90 Å². The number of rotatable bonds is 6. The van der Waals surface area contributed by atoms with Crippen LogP contribution in [0.5, 0.6) is 0 Å². The van der Waals surface area contributed by atoms with Crippen molar-refractivity contribution in [2.45, 2.75) is 45.4 Å². The van der Waals surface area contributed by atoms with E-state index in [1.807, 2.05) is 0 Å². The van der Waals surface area contributed by atoms with E-state index in [1.165, 1.54) is 55.6 Å². The van der Waals surface area contributed by atoms with E-state index in [-0.39, 0.29) is 10.8 Å². The minimum atomic E-state index is -0.174. The Morgan fingerprint density at radius 2 is 1.02 bits per heavy atom. The second kappa shape index (κ2) is 13.2. The molecule has 0 bridgehead atoms. The molecule has 0 fully saturated rings. The number of fused-ring (bicyclic) bond motifs is 6. The lowest BCUT2D eigenvalue weighted by atomic mass is 9.82. The topological polar surface area (TPSA) is 16.4 Å². The minimum Gasteiger partial charge on any atom is -0.456 e. The molecule has 10 rings (SSSR count). The molecule has 8 aromatic carbocycles. The summed E-state index contributed by atoms with van der Waals surface area (Å²) in [6, 6.07) is 66.4. The molecule has 0 N–H and O–H groups in total. The van der Waals surface area contributed by atoms with Gasteiger partial charge in [-0.25, -0.2) is 0 Å². The lowest BCUT2D eigenvalue weighted by molar-refractivity contribution is 0.590. The standard InChI is InChI=1S/C55H45NO/c1-54(2,3)42-25-19-38(20-26-42)39-21-27-43(28-22-39)56(50-17-12-18-51-53(50)46-30-23-41(34-52(46)57-51)37-15-10-7-11-16-37)44-29-31-45-47-33-40(36-13-8-6-9-14-36)24-32-48(47)55(4,5)49(45)35-44/h6-35H,1-5H3. The Kier molecular flexibility index (Phi) is 8.09. The third kappa shape index (κ3) is 5.95. The molecule has 1 heterocycles. The Balaban J connectivity index is 1.13. The molecular formula is C55H45NO. The summed E-state index contributed by atoms with van der Waals surface area (Å²) in [6.07, 6.45) is 0. The van der Waals surface area contributed by atoms with Gasteiger partial charge in [-0.2, -0.15) is 0 Å². The molecule has 1 aliphatic carbocycles. The zero-order valence-corrected chi connectivity index (χ0v) is 33.2. The highest BCUT2D eigenvalue weighted by Gasteiger charge is 2.36. The van der Waals surface area contributed by atoms with Gasteiger partial charge in [0.2, 0.25) is 0 Å². The van der Waals surface area contributed by atoms with Crippen LogP contribution in [0.25, 0.3) is 66.4 Å². The van der Waals surface area contributed by atoms with Crippen LogP contribution in [-0.4, -0.2) is 0 Å². The van der Waals surface area contributed by atoms with E-state index < -0.39 is 0 Å². The van der Waals surface area contributed by atoms with Crippen molar-refractivity contribution in [1.29, 1.82) is 0 Å². The van der Waals surface area contributed by atoms with Gasteiger partial charge in [-0.15, -0.1) is 0 Å². The predicted octanol–water partition coefficient (Wildman–Crippen LogP) is 15.7. The van der Waals surface area contributed by atoms with Gasteiger partial charge in [0.05, 0.1) is 11.1 Å². The fraction of sp³-hybridized carbons (Fsp3) is 0.127. The van der Waals surface area contributed by atoms with Crippen molar-refractivity contribution in [3.05, 3.63) is 199 Å². The van der Waals surface area contributed by atoms with Gasteiger partial charge in [0.25, 0.3) is 0 Å². The molecule has 2 nitrogen and oxygen atoms in total. The van der Waals surface area contributed by atoms with Gasteiger partial charge < -0.3 is 9.32 Å². The second-order valence-corrected chi connectivity index (χ2v) is 17.0. The van der Waals surface area contributed by atoms with Crippen LogP contribution in [-0.2, 0) is 10.8 Å². The van der Waals surface area contributed by atoms with Gasteiger partial charge >= 0.3 is 0 Å². The highest BCUT2D eigenvalue weighted by atomic mass is 16.3. The van der Waals surface area contributed by atoms with Crippen LogP contribution in [0.3, 0.4) is 0 Å². The summed E-state index contributed by atoms with van der Waals surface area (Å²) < 4.78 is 6.66. The van der Waals surface area contributed by atoms with Crippen molar-refractivity contribution in [2.24, 2.45) is 0 Å². The Morgan fingerprint density at radius 1 is 0.439 bits per heavy atom. The summed E-state index contributed by atoms with van der Waals surface area (Å²) >= 11 is 0. The van der Waals surface area contributed by atoms with E-state index in [9.17, 15) is 0 Å². The first-order valence-corrected chi connectivity index (χ1v) is 20.0. The molecule has 0 amide bonds. The van der Waals surface area contributed by atoms with E-state index in [2.05, 4.69) is 222 Å². The maximum absolute atomic E-state index is 6.66. The number of furan rings is 1. The summed E-state index contributed by atoms with van der Waals surface area (Å²) in [7, 11) is 0. The Hall–Kier alpha value is -6.64. The zero-order valence-electron chi connectivity index (χ0n) is 33.2. The van der Waals surface area contributed by atoms with Gasteiger partial charge in [-0.3, -0.25) is 0 Å². The van der Waals surface area contributed by atoms with E-state index in [0.717, 1.165) is 44.6 Å². The van der Waals surface area contributed by atoms with Gasteiger partial charge in [0.15, 0.2) is 0 Å². The van der Waals surface area contributed by atoms with Crippen LogP contribution in [0.15, 0.2) is 186 Å². The van der Waals surface area contributed by atoms with E-state index in [1.54, 1.807) is 0 Å². The van der Waals surface area contributed by atoms with Crippen LogP contribution >= 0.6 is 0 Å². The highest BCUT2D eigenvalue weighted by Crippen LogP contribution is 2.52. The van der Waals surface area contributed by atoms with Crippen molar-refractivity contribution in [2.75, 3.05) is 4.90 Å². The predicted molar refractivity (Wildman–Crippen MR) is 241 cm³/mol. The highest BCUT2D eigenvalue weighted by molar-refractivity contribution is 6.14. The van der Waals surface area contributed by atoms with Gasteiger partial charge in [0.1, 0.15) is 11.2 Å². The average molecular weight is 736 g/mol. The van der Waals surface area contributed by atoms with Crippen LogP contribution in [0.1, 0.15) is 51.3 Å². The molecule has 0 unspecified atom stereocenters. The normalized spacial score (nSPS) is 13.1. The summed E-state index contributed by atoms with van der Waals surface area (Å²) in [6.45, 7) is 11.5. The van der Waals surface area contributed by atoms with E-state index >= 15 is 0 Å². The first kappa shape index (κ1) is 34.8. The van der Waals surface area contributed by atoms with Crippen molar-refractivity contribution in [3.63, 3.8) is 0 Å². The summed E-state index contributed by atoms with van der Waals surface area (Å²) in [5, 5.41) is 2.20. The Bertz CT molecular complexity index is 2930. The minimum absolute atomic E-state index is 0.111. The quantitative estimate of drug-likeness (QED) is 0.169. The maximum Gasteiger partial charge on any atom is 0.137 e. The smallest absolute Gasteiger partial charge is 0.137 e. The molecular weight excluding hydrogens is 691 g/mol. The lowest BCUT2D eigenvalue weighted by Crippen LogP contribution is -2.16. The lowest BCUT2D eigenvalue weighted by Gasteiger charge is -2.29. The molecule has 0 aliphatic heterocycles. The fourth-order valence-electron chi connectivity index (χ4n) is 8.89. The monoisotopic (exact) mass is 735 g/mol. The molecule has 9 aromatic rings. The zero-order chi connectivity index (χ0) is 38.9. The number of nitrogens with zero attached hydrogens (tertiary/aromatic N) is 1. The first-order chi connectivity index (χ1) is 27.6. The molecule has 276 valence electrons. The van der Waals surface area contributed by atoms with Crippen molar-refractivity contribution < 1.29 is 4.42 Å². The molecule has 57 heavy (non-hydrogen) atoms. The van der Waals surface area contributed by atoms with Crippen LogP contribution in [0.4, 0.5) is 17.1 Å². The van der Waals surface area contributed by atoms with Crippen LogP contribution in [0.2, 0.25) is 0 Å². The number of anilines is 3. The third-order valence-electron chi connectivity index (χ3n) is 12.1. The maximum atomic E-state index is 6.66. The summed E-state index contributed by atoms with van der Waals surface area (Å²) in [5.74, 6) is 0.